The van der Waals surface area contributed by atoms with Crippen LogP contribution in [0.1, 0.15) is 5.56 Å². The summed E-state index contributed by atoms with van der Waals surface area (Å²) in [5.74, 6) is 0.284. The number of halogens is 1. The third-order valence-electron chi connectivity index (χ3n) is 4.75. The molecular formula is C24H20FN3O2. The van der Waals surface area contributed by atoms with Gasteiger partial charge in [-0.25, -0.2) is 14.2 Å². The smallest absolute Gasteiger partial charge is 0.323 e. The van der Waals surface area contributed by atoms with Crippen molar-refractivity contribution in [3.8, 4) is 17.0 Å². The number of rotatable bonds is 4. The van der Waals surface area contributed by atoms with Gasteiger partial charge in [-0.3, -0.25) is 0 Å². The summed E-state index contributed by atoms with van der Waals surface area (Å²) in [6, 6.07) is 21.2. The molecule has 0 unspecified atom stereocenters. The van der Waals surface area contributed by atoms with Crippen LogP contribution in [0.5, 0.6) is 5.75 Å². The lowest BCUT2D eigenvalue weighted by atomic mass is 10.1. The van der Waals surface area contributed by atoms with Crippen LogP contribution in [0.4, 0.5) is 20.6 Å². The number of benzene rings is 3. The van der Waals surface area contributed by atoms with Crippen LogP contribution in [0, 0.1) is 12.7 Å². The fourth-order valence-electron chi connectivity index (χ4n) is 3.16. The number of aromatic nitrogens is 1. The molecule has 0 aliphatic heterocycles. The summed E-state index contributed by atoms with van der Waals surface area (Å²) in [6.45, 7) is 1.67. The Morgan fingerprint density at radius 1 is 0.933 bits per heavy atom. The van der Waals surface area contributed by atoms with Crippen LogP contribution < -0.4 is 15.4 Å². The Bertz CT molecular complexity index is 1230. The molecule has 30 heavy (non-hydrogen) atoms. The molecular weight excluding hydrogens is 381 g/mol. The molecule has 2 amide bonds. The first kappa shape index (κ1) is 19.4. The molecule has 0 fully saturated rings. The van der Waals surface area contributed by atoms with Gasteiger partial charge in [0.15, 0.2) is 0 Å². The lowest BCUT2D eigenvalue weighted by Crippen LogP contribution is -2.19. The monoisotopic (exact) mass is 401 g/mol. The molecule has 0 atom stereocenters. The summed E-state index contributed by atoms with van der Waals surface area (Å²) in [4.78, 5) is 17.0. The number of carbonyl (C=O) groups is 1. The van der Waals surface area contributed by atoms with Crippen molar-refractivity contribution in [1.82, 2.24) is 4.98 Å². The number of hydrogen-bond acceptors (Lipinski definition) is 3. The lowest BCUT2D eigenvalue weighted by molar-refractivity contribution is 0.262. The highest BCUT2D eigenvalue weighted by Gasteiger charge is 2.11. The highest BCUT2D eigenvalue weighted by atomic mass is 19.1. The van der Waals surface area contributed by atoms with Crippen molar-refractivity contribution in [2.75, 3.05) is 17.7 Å². The number of methoxy groups -OCH3 is 1. The topological polar surface area (TPSA) is 63.2 Å². The van der Waals surface area contributed by atoms with Crippen molar-refractivity contribution in [2.24, 2.45) is 0 Å². The molecule has 0 spiro atoms. The van der Waals surface area contributed by atoms with Gasteiger partial charge in [0.05, 0.1) is 18.3 Å². The van der Waals surface area contributed by atoms with Gasteiger partial charge in [0.1, 0.15) is 11.6 Å². The van der Waals surface area contributed by atoms with E-state index in [2.05, 4.69) is 10.6 Å². The van der Waals surface area contributed by atoms with E-state index in [1.807, 2.05) is 42.5 Å². The van der Waals surface area contributed by atoms with Gasteiger partial charge in [-0.05, 0) is 42.8 Å². The quantitative estimate of drug-likeness (QED) is 0.441. The molecule has 6 heteroatoms. The fourth-order valence-corrected chi connectivity index (χ4v) is 3.16. The molecule has 0 saturated carbocycles. The Morgan fingerprint density at radius 3 is 2.33 bits per heavy atom. The lowest BCUT2D eigenvalue weighted by Gasteiger charge is -2.12. The number of pyridine rings is 1. The SMILES string of the molecule is COc1cc(-c2ccccc2)nc2ccc(NC(=O)Nc3ccc(C)c(F)c3)cc12. The second-order valence-corrected chi connectivity index (χ2v) is 6.85. The second-order valence-electron chi connectivity index (χ2n) is 6.85. The Morgan fingerprint density at radius 2 is 1.63 bits per heavy atom. The van der Waals surface area contributed by atoms with E-state index in [1.165, 1.54) is 6.07 Å². The number of anilines is 2. The Kier molecular flexibility index (Phi) is 5.30. The van der Waals surface area contributed by atoms with Gasteiger partial charge in [0.25, 0.3) is 0 Å². The summed E-state index contributed by atoms with van der Waals surface area (Å²) < 4.78 is 19.2. The van der Waals surface area contributed by atoms with Crippen LogP contribution in [-0.4, -0.2) is 18.1 Å². The highest BCUT2D eigenvalue weighted by Crippen LogP contribution is 2.31. The minimum absolute atomic E-state index is 0.372. The van der Waals surface area contributed by atoms with E-state index in [9.17, 15) is 9.18 Å². The number of nitrogens with one attached hydrogen (secondary N) is 2. The van der Waals surface area contributed by atoms with E-state index in [1.54, 1.807) is 38.3 Å². The maximum atomic E-state index is 13.7. The zero-order valence-electron chi connectivity index (χ0n) is 16.6. The zero-order chi connectivity index (χ0) is 21.1. The molecule has 0 radical (unpaired) electrons. The fraction of sp³-hybridized carbons (Fsp3) is 0.0833. The Labute approximate surface area is 173 Å². The molecule has 5 nitrogen and oxygen atoms in total. The first-order chi connectivity index (χ1) is 14.5. The van der Waals surface area contributed by atoms with Crippen molar-refractivity contribution < 1.29 is 13.9 Å². The molecule has 4 aromatic rings. The van der Waals surface area contributed by atoms with E-state index in [-0.39, 0.29) is 5.82 Å². The van der Waals surface area contributed by atoms with Gasteiger partial charge >= 0.3 is 6.03 Å². The average Bonchev–Trinajstić information content (AvgIpc) is 2.76. The predicted octanol–water partition coefficient (Wildman–Crippen LogP) is 6.00. The number of aryl methyl sites for hydroxylation is 1. The van der Waals surface area contributed by atoms with Gasteiger partial charge in [-0.15, -0.1) is 0 Å². The van der Waals surface area contributed by atoms with Gasteiger partial charge in [0.2, 0.25) is 0 Å². The van der Waals surface area contributed by atoms with Gasteiger partial charge in [-0.2, -0.15) is 0 Å². The van der Waals surface area contributed by atoms with E-state index >= 15 is 0 Å². The standard InChI is InChI=1S/C24H20FN3O2/c1-15-8-9-18(13-20(15)25)27-24(29)26-17-10-11-21-19(12-17)23(30-2)14-22(28-21)16-6-4-3-5-7-16/h3-14H,1-2H3,(H2,26,27,29). The molecule has 0 aliphatic rings. The largest absolute Gasteiger partial charge is 0.496 e. The first-order valence-electron chi connectivity index (χ1n) is 9.42. The molecule has 1 aromatic heterocycles. The van der Waals surface area contributed by atoms with Crippen molar-refractivity contribution in [3.05, 3.63) is 84.2 Å². The maximum Gasteiger partial charge on any atom is 0.323 e. The van der Waals surface area contributed by atoms with Crippen LogP contribution in [-0.2, 0) is 0 Å². The Balaban J connectivity index is 1.59. The molecule has 2 N–H and O–H groups in total. The number of urea groups is 1. The number of fused-ring (bicyclic) bond motifs is 1. The van der Waals surface area contributed by atoms with Crippen molar-refractivity contribution in [3.63, 3.8) is 0 Å². The molecule has 0 aliphatic carbocycles. The minimum atomic E-state index is -0.467. The van der Waals surface area contributed by atoms with Crippen LogP contribution in [0.3, 0.4) is 0 Å². The van der Waals surface area contributed by atoms with E-state index in [0.29, 0.717) is 22.7 Å². The van der Waals surface area contributed by atoms with Crippen molar-refractivity contribution in [1.29, 1.82) is 0 Å². The number of ether oxygens (including phenoxy) is 1. The number of hydrogen-bond donors (Lipinski definition) is 2. The molecule has 3 aromatic carbocycles. The number of amides is 2. The maximum absolute atomic E-state index is 13.7. The minimum Gasteiger partial charge on any atom is -0.496 e. The summed E-state index contributed by atoms with van der Waals surface area (Å²) in [5.41, 5.74) is 4.01. The van der Waals surface area contributed by atoms with E-state index in [0.717, 1.165) is 22.2 Å². The second kappa shape index (κ2) is 8.21. The third kappa shape index (κ3) is 4.07. The van der Waals surface area contributed by atoms with Crippen LogP contribution in [0.15, 0.2) is 72.8 Å². The first-order valence-corrected chi connectivity index (χ1v) is 9.42. The third-order valence-corrected chi connectivity index (χ3v) is 4.75. The van der Waals surface area contributed by atoms with Gasteiger partial charge in [-0.1, -0.05) is 36.4 Å². The molecule has 0 bridgehead atoms. The van der Waals surface area contributed by atoms with E-state index in [4.69, 9.17) is 9.72 Å². The predicted molar refractivity (Wildman–Crippen MR) is 118 cm³/mol. The number of nitrogens with zero attached hydrogens (tertiary/aromatic N) is 1. The normalized spacial score (nSPS) is 10.6. The summed E-state index contributed by atoms with van der Waals surface area (Å²) in [7, 11) is 1.60. The van der Waals surface area contributed by atoms with Crippen molar-refractivity contribution >= 4 is 28.3 Å². The Hall–Kier alpha value is -3.93. The molecule has 150 valence electrons. The number of carbonyl (C=O) groups excluding carboxylic acids is 1. The van der Waals surface area contributed by atoms with Crippen LogP contribution in [0.25, 0.3) is 22.2 Å². The molecule has 1 heterocycles. The average molecular weight is 401 g/mol. The highest BCUT2D eigenvalue weighted by molar-refractivity contribution is 6.01. The van der Waals surface area contributed by atoms with Crippen LogP contribution in [0.2, 0.25) is 0 Å². The van der Waals surface area contributed by atoms with Crippen molar-refractivity contribution in [2.45, 2.75) is 6.92 Å². The molecule has 0 saturated heterocycles. The molecule has 4 rings (SSSR count). The van der Waals surface area contributed by atoms with Gasteiger partial charge in [0, 0.05) is 28.4 Å². The van der Waals surface area contributed by atoms with Crippen LogP contribution >= 0.6 is 0 Å². The summed E-state index contributed by atoms with van der Waals surface area (Å²) in [6.07, 6.45) is 0. The van der Waals surface area contributed by atoms with E-state index < -0.39 is 6.03 Å². The van der Waals surface area contributed by atoms with Gasteiger partial charge < -0.3 is 15.4 Å². The zero-order valence-corrected chi connectivity index (χ0v) is 16.6. The summed E-state index contributed by atoms with van der Waals surface area (Å²) >= 11 is 0. The summed E-state index contributed by atoms with van der Waals surface area (Å²) in [5, 5.41) is 6.16.